The number of anilines is 1. The fourth-order valence-corrected chi connectivity index (χ4v) is 15.2. The summed E-state index contributed by atoms with van der Waals surface area (Å²) < 4.78 is 0. The molecule has 8 rings (SSSR count). The molecular formula is C45H72N2O3. The molecule has 2 aliphatic heterocycles. The molecule has 5 heteroatoms. The van der Waals surface area contributed by atoms with Crippen molar-refractivity contribution >= 4 is 5.69 Å². The first-order valence-electron chi connectivity index (χ1n) is 21.4. The predicted octanol–water partition coefficient (Wildman–Crippen LogP) is 8.73. The van der Waals surface area contributed by atoms with Crippen LogP contribution in [0.15, 0.2) is 24.3 Å². The summed E-state index contributed by atoms with van der Waals surface area (Å²) in [6.07, 6.45) is 15.6. The van der Waals surface area contributed by atoms with Crippen LogP contribution in [0.5, 0.6) is 0 Å². The van der Waals surface area contributed by atoms with Crippen molar-refractivity contribution in [2.24, 2.45) is 70.0 Å². The highest BCUT2D eigenvalue weighted by Gasteiger charge is 2.67. The number of rotatable bonds is 7. The van der Waals surface area contributed by atoms with Crippen molar-refractivity contribution in [2.45, 2.75) is 154 Å². The van der Waals surface area contributed by atoms with Crippen LogP contribution in [-0.4, -0.2) is 64.2 Å². The number of aliphatic hydroxyl groups excluding tert-OH is 2. The maximum Gasteiger partial charge on any atom is 0.0805 e. The van der Waals surface area contributed by atoms with Gasteiger partial charge in [-0.3, -0.25) is 4.90 Å². The number of fused-ring (bicyclic) bond motifs is 8. The van der Waals surface area contributed by atoms with Gasteiger partial charge in [-0.25, -0.2) is 0 Å². The monoisotopic (exact) mass is 689 g/mol. The predicted molar refractivity (Wildman–Crippen MR) is 204 cm³/mol. The highest BCUT2D eigenvalue weighted by Crippen LogP contribution is 2.71. The standard InChI is InChI=1S/C45H72N2O3/c1-27(2)10-12-31(30-8-7-9-32(19-30)46-6)18-29-16-17-45(23-29)26-43(4)38-20-34-33(35(38)21-40(48)39(43)22-42(45)49)13-14-37-36(34)25-47-24-28(3)11-15-41(47)44(37,5)50/h7-9,19,27-29,31,33-42,46,48-50H,10-18,20-26H2,1-6H3. The molecule has 7 fully saturated rings. The quantitative estimate of drug-likeness (QED) is 0.231. The number of benzene rings is 1. The highest BCUT2D eigenvalue weighted by atomic mass is 16.3. The Kier molecular flexibility index (Phi) is 9.55. The number of hydrogen-bond acceptors (Lipinski definition) is 5. The van der Waals surface area contributed by atoms with Crippen LogP contribution in [0.4, 0.5) is 5.69 Å². The molecule has 50 heavy (non-hydrogen) atoms. The van der Waals surface area contributed by atoms with Gasteiger partial charge in [0.25, 0.3) is 0 Å². The Morgan fingerprint density at radius 3 is 2.48 bits per heavy atom. The van der Waals surface area contributed by atoms with E-state index in [0.29, 0.717) is 59.3 Å². The minimum absolute atomic E-state index is 0.00504. The van der Waals surface area contributed by atoms with Gasteiger partial charge in [0.2, 0.25) is 0 Å². The van der Waals surface area contributed by atoms with Gasteiger partial charge in [0.1, 0.15) is 0 Å². The third-order valence-electron chi connectivity index (χ3n) is 17.5. The molecule has 1 spiro atoms. The van der Waals surface area contributed by atoms with E-state index in [0.717, 1.165) is 57.4 Å². The lowest BCUT2D eigenvalue weighted by molar-refractivity contribution is -0.180. The second kappa shape index (κ2) is 13.3. The summed E-state index contributed by atoms with van der Waals surface area (Å²) in [6.45, 7) is 14.2. The molecule has 5 aliphatic carbocycles. The Balaban J connectivity index is 1.02. The molecular weight excluding hydrogens is 617 g/mol. The van der Waals surface area contributed by atoms with Crippen LogP contribution >= 0.6 is 0 Å². The van der Waals surface area contributed by atoms with Gasteiger partial charge in [0.15, 0.2) is 0 Å². The Morgan fingerprint density at radius 1 is 0.880 bits per heavy atom. The second-order valence-electron chi connectivity index (χ2n) is 20.7. The maximum atomic E-state index is 12.2. The molecule has 16 unspecified atom stereocenters. The second-order valence-corrected chi connectivity index (χ2v) is 20.7. The number of piperidine rings is 2. The van der Waals surface area contributed by atoms with Crippen LogP contribution in [0, 0.1) is 70.0 Å². The first-order valence-corrected chi connectivity index (χ1v) is 21.4. The molecule has 1 aromatic rings. The zero-order chi connectivity index (χ0) is 35.2. The van der Waals surface area contributed by atoms with Crippen LogP contribution in [-0.2, 0) is 0 Å². The topological polar surface area (TPSA) is 76.0 Å². The summed E-state index contributed by atoms with van der Waals surface area (Å²) in [5.74, 6) is 6.46. The van der Waals surface area contributed by atoms with Gasteiger partial charge in [0, 0.05) is 31.9 Å². The van der Waals surface area contributed by atoms with Gasteiger partial charge in [-0.05, 0) is 184 Å². The van der Waals surface area contributed by atoms with Crippen LogP contribution in [0.1, 0.15) is 136 Å². The van der Waals surface area contributed by atoms with Crippen molar-refractivity contribution in [1.82, 2.24) is 4.90 Å². The molecule has 16 atom stereocenters. The van der Waals surface area contributed by atoms with Crippen molar-refractivity contribution in [3.05, 3.63) is 29.8 Å². The fourth-order valence-electron chi connectivity index (χ4n) is 15.2. The molecule has 0 bridgehead atoms. The van der Waals surface area contributed by atoms with E-state index >= 15 is 0 Å². The largest absolute Gasteiger partial charge is 0.393 e. The Morgan fingerprint density at radius 2 is 1.70 bits per heavy atom. The van der Waals surface area contributed by atoms with Gasteiger partial charge < -0.3 is 20.6 Å². The van der Waals surface area contributed by atoms with Crippen LogP contribution in [0.3, 0.4) is 0 Å². The summed E-state index contributed by atoms with van der Waals surface area (Å²) in [5, 5.41) is 39.6. The average molecular weight is 689 g/mol. The van der Waals surface area contributed by atoms with E-state index in [1.165, 1.54) is 62.7 Å². The van der Waals surface area contributed by atoms with E-state index in [-0.39, 0.29) is 29.0 Å². The van der Waals surface area contributed by atoms with E-state index < -0.39 is 5.60 Å². The number of nitrogens with one attached hydrogen (secondary N) is 1. The minimum atomic E-state index is -0.590. The van der Waals surface area contributed by atoms with Crippen molar-refractivity contribution in [3.8, 4) is 0 Å². The lowest BCUT2D eigenvalue weighted by Crippen LogP contribution is -2.67. The minimum Gasteiger partial charge on any atom is -0.393 e. The van der Waals surface area contributed by atoms with E-state index in [1.807, 2.05) is 7.05 Å². The smallest absolute Gasteiger partial charge is 0.0805 e. The molecule has 280 valence electrons. The lowest BCUT2D eigenvalue weighted by atomic mass is 9.46. The summed E-state index contributed by atoms with van der Waals surface area (Å²) in [4.78, 5) is 2.72. The van der Waals surface area contributed by atoms with E-state index in [9.17, 15) is 15.3 Å². The van der Waals surface area contributed by atoms with Crippen molar-refractivity contribution in [2.75, 3.05) is 25.5 Å². The zero-order valence-corrected chi connectivity index (χ0v) is 32.5. The lowest BCUT2D eigenvalue weighted by Gasteiger charge is -2.60. The fraction of sp³-hybridized carbons (Fsp3) is 0.867. The molecule has 0 aromatic heterocycles. The van der Waals surface area contributed by atoms with Gasteiger partial charge in [-0.1, -0.05) is 46.2 Å². The Labute approximate surface area is 304 Å². The Bertz CT molecular complexity index is 1360. The third kappa shape index (κ3) is 5.94. The van der Waals surface area contributed by atoms with Crippen LogP contribution < -0.4 is 5.32 Å². The normalized spacial score (nSPS) is 49.2. The van der Waals surface area contributed by atoms with Gasteiger partial charge in [-0.2, -0.15) is 0 Å². The Hall–Kier alpha value is -1.14. The molecule has 0 amide bonds. The van der Waals surface area contributed by atoms with E-state index in [4.69, 9.17) is 0 Å². The summed E-state index contributed by atoms with van der Waals surface area (Å²) in [5.41, 5.74) is 2.17. The van der Waals surface area contributed by atoms with Crippen LogP contribution in [0.25, 0.3) is 0 Å². The van der Waals surface area contributed by atoms with E-state index in [1.54, 1.807) is 0 Å². The molecule has 7 aliphatic rings. The molecule has 4 N–H and O–H groups in total. The van der Waals surface area contributed by atoms with Crippen molar-refractivity contribution in [1.29, 1.82) is 0 Å². The van der Waals surface area contributed by atoms with Gasteiger partial charge in [-0.15, -0.1) is 0 Å². The molecule has 2 saturated heterocycles. The summed E-state index contributed by atoms with van der Waals surface area (Å²) in [6, 6.07) is 9.45. The first-order chi connectivity index (χ1) is 23.8. The van der Waals surface area contributed by atoms with Crippen molar-refractivity contribution < 1.29 is 15.3 Å². The number of nitrogens with zero attached hydrogens (tertiary/aromatic N) is 1. The highest BCUT2D eigenvalue weighted by molar-refractivity contribution is 5.46. The van der Waals surface area contributed by atoms with Gasteiger partial charge in [0.05, 0.1) is 17.8 Å². The first kappa shape index (κ1) is 35.9. The SMILES string of the molecule is CNc1cccc(C(CCC(C)C)CC2CCC3(C2)CC2(C)C(CC3O)C(O)CC3C4CCC5C(CN6CC(C)CCC6C5(C)O)C4CC32)c1. The van der Waals surface area contributed by atoms with Gasteiger partial charge >= 0.3 is 0 Å². The maximum absolute atomic E-state index is 12.2. The molecule has 5 saturated carbocycles. The summed E-state index contributed by atoms with van der Waals surface area (Å²) in [7, 11) is 2.02. The number of aliphatic hydroxyl groups is 3. The summed E-state index contributed by atoms with van der Waals surface area (Å²) >= 11 is 0. The molecule has 1 aromatic carbocycles. The molecule has 0 radical (unpaired) electrons. The van der Waals surface area contributed by atoms with Crippen LogP contribution in [0.2, 0.25) is 0 Å². The molecule has 5 nitrogen and oxygen atoms in total. The van der Waals surface area contributed by atoms with Crippen molar-refractivity contribution in [3.63, 3.8) is 0 Å². The third-order valence-corrected chi connectivity index (χ3v) is 17.5. The van der Waals surface area contributed by atoms with E-state index in [2.05, 4.69) is 69.1 Å². The number of hydrogen-bond donors (Lipinski definition) is 4. The average Bonchev–Trinajstić information content (AvgIpc) is 3.66. The molecule has 2 heterocycles. The zero-order valence-electron chi connectivity index (χ0n) is 32.5.